The van der Waals surface area contributed by atoms with Crippen molar-refractivity contribution in [2.75, 3.05) is 31.7 Å². The highest BCUT2D eigenvalue weighted by molar-refractivity contribution is 6.04. The van der Waals surface area contributed by atoms with E-state index in [0.717, 1.165) is 16.6 Å². The Morgan fingerprint density at radius 3 is 2.30 bits per heavy atom. The lowest BCUT2D eigenvalue weighted by Crippen LogP contribution is -2.19. The van der Waals surface area contributed by atoms with Gasteiger partial charge in [0.15, 0.2) is 5.78 Å². The molecule has 0 radical (unpaired) electrons. The molecule has 0 spiro atoms. The second-order valence-corrected chi connectivity index (χ2v) is 9.64. The van der Waals surface area contributed by atoms with Crippen molar-refractivity contribution < 1.29 is 24.2 Å². The summed E-state index contributed by atoms with van der Waals surface area (Å²) in [5.41, 5.74) is 3.80. The zero-order valence-electron chi connectivity index (χ0n) is 21.2. The number of aromatic amines is 1. The minimum Gasteiger partial charge on any atom is -0.491 e. The van der Waals surface area contributed by atoms with E-state index < -0.39 is 5.41 Å². The number of aromatic nitrogens is 2. The van der Waals surface area contributed by atoms with Crippen molar-refractivity contribution in [1.82, 2.24) is 9.97 Å². The molecule has 0 saturated heterocycles. The van der Waals surface area contributed by atoms with Gasteiger partial charge >= 0.3 is 0 Å². The first-order valence-corrected chi connectivity index (χ1v) is 12.1. The minimum atomic E-state index is -0.455. The van der Waals surface area contributed by atoms with Crippen molar-refractivity contribution >= 4 is 28.4 Å². The fraction of sp³-hybridized carbons (Fsp3) is 0.276. The van der Waals surface area contributed by atoms with Crippen molar-refractivity contribution in [2.24, 2.45) is 5.41 Å². The first-order valence-electron chi connectivity index (χ1n) is 12.1. The number of aliphatic hydroxyl groups is 1. The van der Waals surface area contributed by atoms with E-state index >= 15 is 0 Å². The summed E-state index contributed by atoms with van der Waals surface area (Å²) in [5.74, 6) is 1.17. The molecule has 3 aromatic carbocycles. The third-order valence-corrected chi connectivity index (χ3v) is 5.69. The molecule has 0 bridgehead atoms. The Hall–Kier alpha value is -4.01. The van der Waals surface area contributed by atoms with Gasteiger partial charge in [-0.05, 0) is 66.7 Å². The Morgan fingerprint density at radius 2 is 1.62 bits per heavy atom. The normalized spacial score (nSPS) is 11.5. The molecule has 8 nitrogen and oxygen atoms in total. The molecule has 192 valence electrons. The highest BCUT2D eigenvalue weighted by Gasteiger charge is 2.23. The highest BCUT2D eigenvalue weighted by Crippen LogP contribution is 2.26. The van der Waals surface area contributed by atoms with Gasteiger partial charge in [-0.3, -0.25) is 9.59 Å². The maximum Gasteiger partial charge on any atom is 0.255 e. The van der Waals surface area contributed by atoms with Crippen molar-refractivity contribution in [1.29, 1.82) is 0 Å². The Bertz CT molecular complexity index is 1370. The fourth-order valence-corrected chi connectivity index (χ4v) is 3.72. The minimum absolute atomic E-state index is 0.0196. The Balaban J connectivity index is 1.38. The van der Waals surface area contributed by atoms with E-state index in [0.29, 0.717) is 41.6 Å². The van der Waals surface area contributed by atoms with Crippen molar-refractivity contribution in [3.8, 4) is 17.1 Å². The second-order valence-electron chi connectivity index (χ2n) is 9.64. The van der Waals surface area contributed by atoms with E-state index in [9.17, 15) is 9.59 Å². The lowest BCUT2D eigenvalue weighted by atomic mass is 9.86. The lowest BCUT2D eigenvalue weighted by molar-refractivity contribution is 0.0705. The van der Waals surface area contributed by atoms with E-state index in [4.69, 9.17) is 14.6 Å². The summed E-state index contributed by atoms with van der Waals surface area (Å²) >= 11 is 0. The van der Waals surface area contributed by atoms with Crippen LogP contribution < -0.4 is 10.1 Å². The van der Waals surface area contributed by atoms with Gasteiger partial charge in [-0.15, -0.1) is 0 Å². The summed E-state index contributed by atoms with van der Waals surface area (Å²) in [7, 11) is 0. The fourth-order valence-electron chi connectivity index (χ4n) is 3.72. The van der Waals surface area contributed by atoms with Crippen molar-refractivity contribution in [3.63, 3.8) is 0 Å². The topological polar surface area (TPSA) is 114 Å². The van der Waals surface area contributed by atoms with Crippen LogP contribution in [0.1, 0.15) is 41.5 Å². The van der Waals surface area contributed by atoms with Gasteiger partial charge in [0.05, 0.1) is 30.9 Å². The maximum atomic E-state index is 12.6. The Labute approximate surface area is 215 Å². The van der Waals surface area contributed by atoms with E-state index in [1.54, 1.807) is 24.3 Å². The molecule has 0 aliphatic heterocycles. The largest absolute Gasteiger partial charge is 0.491 e. The quantitative estimate of drug-likeness (QED) is 0.206. The predicted octanol–water partition coefficient (Wildman–Crippen LogP) is 5.10. The molecule has 37 heavy (non-hydrogen) atoms. The molecule has 1 heterocycles. The molecule has 4 rings (SSSR count). The van der Waals surface area contributed by atoms with Gasteiger partial charge in [-0.25, -0.2) is 4.98 Å². The van der Waals surface area contributed by atoms with Crippen LogP contribution in [0.5, 0.6) is 5.75 Å². The molecule has 1 aromatic heterocycles. The summed E-state index contributed by atoms with van der Waals surface area (Å²) in [6.45, 7) is 6.71. The van der Waals surface area contributed by atoms with Gasteiger partial charge in [0.1, 0.15) is 18.2 Å². The SMILES string of the molecule is CC(C)(C)C(=O)c1ccc2nc(-c3ccc(NC(=O)c4ccc(OCCOCCO)cc4)cc3)[nH]c2c1. The number of aliphatic hydroxyl groups excluding tert-OH is 1. The molecular weight excluding hydrogens is 470 g/mol. The number of amides is 1. The number of carbonyl (C=O) groups is 2. The second kappa shape index (κ2) is 11.4. The van der Waals surface area contributed by atoms with Crippen LogP contribution in [0, 0.1) is 5.41 Å². The van der Waals surface area contributed by atoms with Crippen LogP contribution in [0.3, 0.4) is 0 Å². The number of carbonyl (C=O) groups excluding carboxylic acids is 2. The lowest BCUT2D eigenvalue weighted by Gasteiger charge is -2.16. The molecule has 0 unspecified atom stereocenters. The molecule has 0 aliphatic rings. The van der Waals surface area contributed by atoms with E-state index in [2.05, 4.69) is 15.3 Å². The van der Waals surface area contributed by atoms with E-state index in [1.807, 2.05) is 63.2 Å². The number of Topliss-reactive ketones (excluding diaryl/α,β-unsaturated/α-hetero) is 1. The van der Waals surface area contributed by atoms with Gasteiger partial charge in [0.2, 0.25) is 0 Å². The van der Waals surface area contributed by atoms with Gasteiger partial charge < -0.3 is 24.9 Å². The summed E-state index contributed by atoms with van der Waals surface area (Å²) in [5, 5.41) is 11.6. The van der Waals surface area contributed by atoms with E-state index in [1.165, 1.54) is 0 Å². The Kier molecular flexibility index (Phi) is 8.01. The monoisotopic (exact) mass is 501 g/mol. The zero-order chi connectivity index (χ0) is 26.4. The van der Waals surface area contributed by atoms with Crippen molar-refractivity contribution in [2.45, 2.75) is 20.8 Å². The molecule has 4 aromatic rings. The number of fused-ring (bicyclic) bond motifs is 1. The van der Waals surface area contributed by atoms with Crippen LogP contribution in [-0.2, 0) is 4.74 Å². The number of H-pyrrole nitrogens is 1. The van der Waals surface area contributed by atoms with E-state index in [-0.39, 0.29) is 24.9 Å². The number of imidazole rings is 1. The predicted molar refractivity (Wildman–Crippen MR) is 143 cm³/mol. The molecule has 0 fully saturated rings. The average Bonchev–Trinajstić information content (AvgIpc) is 3.32. The van der Waals surface area contributed by atoms with Crippen molar-refractivity contribution in [3.05, 3.63) is 77.9 Å². The van der Waals surface area contributed by atoms with Crippen LogP contribution in [0.15, 0.2) is 66.7 Å². The molecule has 1 amide bonds. The maximum absolute atomic E-state index is 12.6. The van der Waals surface area contributed by atoms with Crippen LogP contribution >= 0.6 is 0 Å². The van der Waals surface area contributed by atoms with Gasteiger partial charge in [-0.1, -0.05) is 20.8 Å². The van der Waals surface area contributed by atoms with Crippen LogP contribution in [0.2, 0.25) is 0 Å². The number of ether oxygens (including phenoxy) is 2. The van der Waals surface area contributed by atoms with Gasteiger partial charge in [0, 0.05) is 27.8 Å². The molecule has 8 heteroatoms. The van der Waals surface area contributed by atoms with Crippen LogP contribution in [0.4, 0.5) is 5.69 Å². The average molecular weight is 502 g/mol. The standard InChI is InChI=1S/C29H31N3O5/c1-29(2,3)26(34)21-8-13-24-25(18-21)32-27(31-24)19-4-9-22(10-5-19)30-28(35)20-6-11-23(12-7-20)37-17-16-36-15-14-33/h4-13,18,33H,14-17H2,1-3H3,(H,30,35)(H,31,32). The first kappa shape index (κ1) is 26.1. The van der Waals surface area contributed by atoms with Gasteiger partial charge in [0.25, 0.3) is 5.91 Å². The first-order chi connectivity index (χ1) is 17.7. The number of hydrogen-bond acceptors (Lipinski definition) is 6. The number of nitrogens with one attached hydrogen (secondary N) is 2. The molecule has 3 N–H and O–H groups in total. The summed E-state index contributed by atoms with van der Waals surface area (Å²) < 4.78 is 10.7. The molecule has 0 atom stereocenters. The van der Waals surface area contributed by atoms with Gasteiger partial charge in [-0.2, -0.15) is 0 Å². The summed E-state index contributed by atoms with van der Waals surface area (Å²) in [4.78, 5) is 33.2. The number of hydrogen-bond donors (Lipinski definition) is 3. The Morgan fingerprint density at radius 1 is 0.919 bits per heavy atom. The number of benzene rings is 3. The van der Waals surface area contributed by atoms with Crippen LogP contribution in [0.25, 0.3) is 22.4 Å². The third kappa shape index (κ3) is 6.61. The number of nitrogens with zero attached hydrogens (tertiary/aromatic N) is 1. The number of rotatable bonds is 10. The number of ketones is 1. The highest BCUT2D eigenvalue weighted by atomic mass is 16.5. The summed E-state index contributed by atoms with van der Waals surface area (Å²) in [6, 6.07) is 19.7. The van der Waals surface area contributed by atoms with Crippen LogP contribution in [-0.4, -0.2) is 53.2 Å². The summed E-state index contributed by atoms with van der Waals surface area (Å²) in [6.07, 6.45) is 0. The zero-order valence-corrected chi connectivity index (χ0v) is 21.2. The third-order valence-electron chi connectivity index (χ3n) is 5.69. The molecule has 0 aliphatic carbocycles. The smallest absolute Gasteiger partial charge is 0.255 e. The molecule has 0 saturated carbocycles. The number of anilines is 1. The molecular formula is C29H31N3O5.